The lowest BCUT2D eigenvalue weighted by Crippen LogP contribution is -2.46. The third-order valence-corrected chi connectivity index (χ3v) is 5.53. The van der Waals surface area contributed by atoms with Gasteiger partial charge in [0.2, 0.25) is 5.91 Å². The van der Waals surface area contributed by atoms with Crippen LogP contribution in [0.2, 0.25) is 0 Å². The van der Waals surface area contributed by atoms with Crippen molar-refractivity contribution in [3.63, 3.8) is 0 Å². The Hall–Kier alpha value is -1.30. The van der Waals surface area contributed by atoms with Crippen LogP contribution in [0, 0.1) is 11.3 Å². The average molecular weight is 323 g/mol. The second-order valence-electron chi connectivity index (χ2n) is 7.55. The summed E-state index contributed by atoms with van der Waals surface area (Å²) in [6, 6.07) is 0.246. The van der Waals surface area contributed by atoms with E-state index < -0.39 is 0 Å². The maximum atomic E-state index is 12.8. The fourth-order valence-electron chi connectivity index (χ4n) is 4.25. The van der Waals surface area contributed by atoms with E-state index in [0.717, 1.165) is 38.8 Å². The molecule has 1 atom stereocenters. The Bertz CT molecular complexity index is 454. The quantitative estimate of drug-likeness (QED) is 0.837. The van der Waals surface area contributed by atoms with Gasteiger partial charge in [0.05, 0.1) is 5.92 Å². The number of ether oxygens (including phenoxy) is 1. The van der Waals surface area contributed by atoms with Crippen LogP contribution < -0.4 is 5.32 Å². The third kappa shape index (κ3) is 3.32. The zero-order valence-electron chi connectivity index (χ0n) is 14.3. The Balaban J connectivity index is 1.75. The molecule has 6 heteroatoms. The topological polar surface area (TPSA) is 61.9 Å². The molecule has 3 aliphatic heterocycles. The molecule has 0 aliphatic carbocycles. The van der Waals surface area contributed by atoms with Gasteiger partial charge in [-0.05, 0) is 39.5 Å². The number of carbonyl (C=O) groups excluding carboxylic acids is 2. The second-order valence-corrected chi connectivity index (χ2v) is 7.55. The highest BCUT2D eigenvalue weighted by atomic mass is 16.5. The van der Waals surface area contributed by atoms with E-state index in [0.29, 0.717) is 26.3 Å². The van der Waals surface area contributed by atoms with Gasteiger partial charge >= 0.3 is 6.03 Å². The van der Waals surface area contributed by atoms with E-state index in [9.17, 15) is 9.59 Å². The first-order valence-corrected chi connectivity index (χ1v) is 8.94. The summed E-state index contributed by atoms with van der Waals surface area (Å²) in [5.74, 6) is -0.0148. The number of likely N-dealkylation sites (tertiary alicyclic amines) is 2. The molecule has 3 amide bonds. The van der Waals surface area contributed by atoms with Gasteiger partial charge < -0.3 is 19.9 Å². The largest absolute Gasteiger partial charge is 0.381 e. The molecule has 3 aliphatic rings. The molecule has 130 valence electrons. The highest BCUT2D eigenvalue weighted by Gasteiger charge is 2.52. The van der Waals surface area contributed by atoms with E-state index in [1.165, 1.54) is 0 Å². The molecule has 0 bridgehead atoms. The van der Waals surface area contributed by atoms with Crippen molar-refractivity contribution in [3.05, 3.63) is 0 Å². The highest BCUT2D eigenvalue weighted by molar-refractivity contribution is 5.83. The van der Waals surface area contributed by atoms with Crippen molar-refractivity contribution in [2.45, 2.75) is 45.6 Å². The lowest BCUT2D eigenvalue weighted by Gasteiger charge is -2.37. The van der Waals surface area contributed by atoms with Gasteiger partial charge in [-0.1, -0.05) is 0 Å². The fraction of sp³-hybridized carbons (Fsp3) is 0.882. The third-order valence-electron chi connectivity index (χ3n) is 5.53. The Labute approximate surface area is 138 Å². The van der Waals surface area contributed by atoms with Gasteiger partial charge in [0.1, 0.15) is 0 Å². The molecule has 0 aromatic heterocycles. The molecule has 23 heavy (non-hydrogen) atoms. The Morgan fingerprint density at radius 3 is 2.39 bits per heavy atom. The van der Waals surface area contributed by atoms with E-state index >= 15 is 0 Å². The zero-order valence-corrected chi connectivity index (χ0v) is 14.3. The van der Waals surface area contributed by atoms with Crippen LogP contribution in [0.4, 0.5) is 4.79 Å². The van der Waals surface area contributed by atoms with Gasteiger partial charge in [0, 0.05) is 50.8 Å². The average Bonchev–Trinajstić information content (AvgIpc) is 3.15. The first kappa shape index (κ1) is 16.6. The summed E-state index contributed by atoms with van der Waals surface area (Å²) < 4.78 is 5.52. The lowest BCUT2D eigenvalue weighted by atomic mass is 9.71. The van der Waals surface area contributed by atoms with Crippen LogP contribution in [-0.4, -0.2) is 67.2 Å². The minimum Gasteiger partial charge on any atom is -0.381 e. The Morgan fingerprint density at radius 2 is 1.78 bits per heavy atom. The first-order valence-electron chi connectivity index (χ1n) is 8.94. The molecule has 1 N–H and O–H groups in total. The van der Waals surface area contributed by atoms with Crippen molar-refractivity contribution in [2.24, 2.45) is 11.3 Å². The second kappa shape index (κ2) is 6.67. The summed E-state index contributed by atoms with van der Waals surface area (Å²) in [5, 5.41) is 3.05. The minimum atomic E-state index is -0.111. The molecule has 0 saturated carbocycles. The summed E-state index contributed by atoms with van der Waals surface area (Å²) in [4.78, 5) is 29.3. The first-order chi connectivity index (χ1) is 11.0. The van der Waals surface area contributed by atoms with Crippen LogP contribution in [0.3, 0.4) is 0 Å². The van der Waals surface area contributed by atoms with E-state index in [4.69, 9.17) is 4.74 Å². The van der Waals surface area contributed by atoms with Crippen molar-refractivity contribution in [1.29, 1.82) is 0 Å². The van der Waals surface area contributed by atoms with Crippen LogP contribution in [0.1, 0.15) is 39.5 Å². The maximum Gasteiger partial charge on any atom is 0.320 e. The molecule has 3 saturated heterocycles. The number of amides is 3. The highest BCUT2D eigenvalue weighted by Crippen LogP contribution is 2.44. The summed E-state index contributed by atoms with van der Waals surface area (Å²) >= 11 is 0. The normalized spacial score (nSPS) is 27.0. The molecule has 1 spiro atoms. The number of carbonyl (C=O) groups is 2. The van der Waals surface area contributed by atoms with Gasteiger partial charge in [0.15, 0.2) is 0 Å². The van der Waals surface area contributed by atoms with Gasteiger partial charge in [0.25, 0.3) is 0 Å². The molecule has 3 fully saturated rings. The van der Waals surface area contributed by atoms with Crippen LogP contribution in [0.5, 0.6) is 0 Å². The summed E-state index contributed by atoms with van der Waals surface area (Å²) in [5.41, 5.74) is -0.105. The van der Waals surface area contributed by atoms with Crippen LogP contribution >= 0.6 is 0 Å². The maximum absolute atomic E-state index is 12.8. The fourth-order valence-corrected chi connectivity index (χ4v) is 4.25. The van der Waals surface area contributed by atoms with Crippen molar-refractivity contribution in [2.75, 3.05) is 39.4 Å². The van der Waals surface area contributed by atoms with E-state index in [2.05, 4.69) is 5.32 Å². The predicted molar refractivity (Wildman–Crippen MR) is 87.0 cm³/mol. The molecule has 0 aromatic carbocycles. The molecule has 3 heterocycles. The molecule has 0 unspecified atom stereocenters. The molecule has 6 nitrogen and oxygen atoms in total. The zero-order chi connectivity index (χ0) is 16.4. The lowest BCUT2D eigenvalue weighted by molar-refractivity contribution is -0.130. The number of nitrogens with zero attached hydrogens (tertiary/aromatic N) is 2. The van der Waals surface area contributed by atoms with Crippen molar-refractivity contribution < 1.29 is 14.3 Å². The molecule has 0 aromatic rings. The number of nitrogens with one attached hydrogen (secondary N) is 1. The van der Waals surface area contributed by atoms with Crippen molar-refractivity contribution in [3.8, 4) is 0 Å². The summed E-state index contributed by atoms with van der Waals surface area (Å²) in [6.07, 6.45) is 3.92. The van der Waals surface area contributed by atoms with E-state index in [1.807, 2.05) is 23.6 Å². The summed E-state index contributed by atoms with van der Waals surface area (Å²) in [7, 11) is 0. The Morgan fingerprint density at radius 1 is 1.13 bits per heavy atom. The molecular formula is C17H29N3O3. The molecule has 3 rings (SSSR count). The predicted octanol–water partition coefficient (Wildman–Crippen LogP) is 1.46. The number of hydrogen-bond acceptors (Lipinski definition) is 3. The van der Waals surface area contributed by atoms with Gasteiger partial charge in [-0.2, -0.15) is 0 Å². The smallest absolute Gasteiger partial charge is 0.320 e. The minimum absolute atomic E-state index is 0.0959. The van der Waals surface area contributed by atoms with Gasteiger partial charge in [-0.25, -0.2) is 4.79 Å². The van der Waals surface area contributed by atoms with Gasteiger partial charge in [-0.3, -0.25) is 4.79 Å². The monoisotopic (exact) mass is 323 g/mol. The summed E-state index contributed by atoms with van der Waals surface area (Å²) in [6.45, 7) is 8.31. The van der Waals surface area contributed by atoms with Crippen LogP contribution in [-0.2, 0) is 9.53 Å². The van der Waals surface area contributed by atoms with Gasteiger partial charge in [-0.15, -0.1) is 0 Å². The van der Waals surface area contributed by atoms with E-state index in [1.54, 1.807) is 0 Å². The number of hydrogen-bond donors (Lipinski definition) is 1. The SMILES string of the molecule is CC(C)NC(=O)[C@@H]1CN(C(=O)N2CCCC2)CC12CCOCC2. The number of rotatable bonds is 2. The number of urea groups is 1. The van der Waals surface area contributed by atoms with Crippen molar-refractivity contribution in [1.82, 2.24) is 15.1 Å². The van der Waals surface area contributed by atoms with Crippen LogP contribution in [0.15, 0.2) is 0 Å². The van der Waals surface area contributed by atoms with E-state index in [-0.39, 0.29) is 29.3 Å². The molecule has 0 radical (unpaired) electrons. The molecular weight excluding hydrogens is 294 g/mol. The van der Waals surface area contributed by atoms with Crippen LogP contribution in [0.25, 0.3) is 0 Å². The Kier molecular flexibility index (Phi) is 4.80. The van der Waals surface area contributed by atoms with Crippen molar-refractivity contribution >= 4 is 11.9 Å². The standard InChI is InChI=1S/C17H29N3O3/c1-13(2)18-15(21)14-11-20(16(22)19-7-3-4-8-19)12-17(14)5-9-23-10-6-17/h13-14H,3-12H2,1-2H3,(H,18,21)/t14-/m0/s1.